The van der Waals surface area contributed by atoms with Crippen molar-refractivity contribution < 1.29 is 0 Å². The summed E-state index contributed by atoms with van der Waals surface area (Å²) < 4.78 is 2.97. The van der Waals surface area contributed by atoms with E-state index in [1.54, 1.807) is 17.7 Å². The van der Waals surface area contributed by atoms with Crippen molar-refractivity contribution in [3.63, 3.8) is 0 Å². The van der Waals surface area contributed by atoms with Crippen LogP contribution in [0.15, 0.2) is 42.2 Å². The van der Waals surface area contributed by atoms with Crippen LogP contribution in [0.2, 0.25) is 0 Å². The second-order valence-corrected chi connectivity index (χ2v) is 5.94. The van der Waals surface area contributed by atoms with Gasteiger partial charge in [0.2, 0.25) is 0 Å². The first-order valence-corrected chi connectivity index (χ1v) is 7.79. The van der Waals surface area contributed by atoms with Crippen molar-refractivity contribution in [2.45, 2.75) is 13.8 Å². The zero-order valence-corrected chi connectivity index (χ0v) is 13.0. The van der Waals surface area contributed by atoms with Crippen LogP contribution in [-0.2, 0) is 0 Å². The number of pyridine rings is 1. The number of thiazole rings is 1. The van der Waals surface area contributed by atoms with Gasteiger partial charge in [-0.25, -0.2) is 14.6 Å². The molecule has 0 N–H and O–H groups in total. The Labute approximate surface area is 131 Å². The summed E-state index contributed by atoms with van der Waals surface area (Å²) >= 11 is 1.62. The van der Waals surface area contributed by atoms with Crippen LogP contribution >= 0.6 is 11.3 Å². The molecule has 3 aromatic heterocycles. The van der Waals surface area contributed by atoms with Crippen LogP contribution in [0.1, 0.15) is 11.4 Å². The summed E-state index contributed by atoms with van der Waals surface area (Å²) in [5.74, 6) is 0.783. The predicted octanol–water partition coefficient (Wildman–Crippen LogP) is 3.56. The Balaban J connectivity index is 1.95. The first-order valence-electron chi connectivity index (χ1n) is 6.91. The van der Waals surface area contributed by atoms with Crippen LogP contribution in [0.5, 0.6) is 0 Å². The summed E-state index contributed by atoms with van der Waals surface area (Å²) in [6.07, 6.45) is 1.57. The van der Waals surface area contributed by atoms with Gasteiger partial charge in [0.15, 0.2) is 5.82 Å². The van der Waals surface area contributed by atoms with E-state index in [0.717, 1.165) is 38.7 Å². The van der Waals surface area contributed by atoms with Crippen molar-refractivity contribution in [3.05, 3.63) is 53.6 Å². The number of benzene rings is 1. The molecule has 6 heteroatoms. The maximum Gasteiger partial charge on any atom is 0.165 e. The highest BCUT2D eigenvalue weighted by Crippen LogP contribution is 2.29. The summed E-state index contributed by atoms with van der Waals surface area (Å²) in [5.41, 5.74) is 6.65. The normalized spacial score (nSPS) is 11.2. The maximum absolute atomic E-state index is 4.51. The number of aromatic nitrogens is 5. The molecule has 0 bridgehead atoms. The van der Waals surface area contributed by atoms with Crippen molar-refractivity contribution in [2.75, 3.05) is 0 Å². The summed E-state index contributed by atoms with van der Waals surface area (Å²) in [4.78, 5) is 13.4. The van der Waals surface area contributed by atoms with Gasteiger partial charge in [0.05, 0.1) is 27.1 Å². The average Bonchev–Trinajstić information content (AvgIpc) is 3.15. The molecule has 5 nitrogen and oxygen atoms in total. The van der Waals surface area contributed by atoms with E-state index in [2.05, 4.69) is 26.1 Å². The summed E-state index contributed by atoms with van der Waals surface area (Å²) in [5, 5.41) is 4.39. The largest absolute Gasteiger partial charge is 0.256 e. The van der Waals surface area contributed by atoms with Crippen molar-refractivity contribution >= 4 is 21.6 Å². The van der Waals surface area contributed by atoms with Crippen molar-refractivity contribution in [2.24, 2.45) is 0 Å². The molecule has 0 saturated carbocycles. The molecule has 0 radical (unpaired) electrons. The third kappa shape index (κ3) is 2.00. The lowest BCUT2D eigenvalue weighted by Gasteiger charge is -2.09. The van der Waals surface area contributed by atoms with Crippen LogP contribution in [-0.4, -0.2) is 24.7 Å². The van der Waals surface area contributed by atoms with Crippen LogP contribution < -0.4 is 0 Å². The fourth-order valence-electron chi connectivity index (χ4n) is 2.57. The molecule has 0 saturated heterocycles. The van der Waals surface area contributed by atoms with Gasteiger partial charge in [-0.05, 0) is 38.1 Å². The predicted molar refractivity (Wildman–Crippen MR) is 87.2 cm³/mol. The van der Waals surface area contributed by atoms with Crippen LogP contribution in [0.4, 0.5) is 0 Å². The van der Waals surface area contributed by atoms with Gasteiger partial charge in [-0.3, -0.25) is 4.98 Å². The first-order chi connectivity index (χ1) is 10.7. The number of rotatable bonds is 2. The minimum absolute atomic E-state index is 0.783. The van der Waals surface area contributed by atoms with E-state index < -0.39 is 0 Å². The molecule has 1 aromatic carbocycles. The van der Waals surface area contributed by atoms with E-state index in [0.29, 0.717) is 0 Å². The Morgan fingerprint density at radius 2 is 1.95 bits per heavy atom. The van der Waals surface area contributed by atoms with Gasteiger partial charge in [-0.15, -0.1) is 11.3 Å². The summed E-state index contributed by atoms with van der Waals surface area (Å²) in [6, 6.07) is 10.1. The second kappa shape index (κ2) is 4.99. The quantitative estimate of drug-likeness (QED) is 0.568. The third-order valence-electron chi connectivity index (χ3n) is 3.57. The molecule has 4 rings (SSSR count). The van der Waals surface area contributed by atoms with Gasteiger partial charge >= 0.3 is 0 Å². The second-order valence-electron chi connectivity index (χ2n) is 5.06. The molecule has 0 atom stereocenters. The van der Waals surface area contributed by atoms with E-state index in [4.69, 9.17) is 0 Å². The molecule has 0 aliphatic heterocycles. The minimum atomic E-state index is 0.783. The fourth-order valence-corrected chi connectivity index (χ4v) is 3.27. The maximum atomic E-state index is 4.51. The molecule has 0 unspecified atom stereocenters. The molecular formula is C16H13N5S. The Kier molecular flexibility index (Phi) is 2.97. The van der Waals surface area contributed by atoms with E-state index in [-0.39, 0.29) is 0 Å². The van der Waals surface area contributed by atoms with Crippen molar-refractivity contribution in [3.8, 4) is 17.1 Å². The Morgan fingerprint density at radius 3 is 2.82 bits per heavy atom. The Hall–Kier alpha value is -2.60. The highest BCUT2D eigenvalue weighted by Gasteiger charge is 2.15. The average molecular weight is 307 g/mol. The number of nitrogens with zero attached hydrogens (tertiary/aromatic N) is 5. The van der Waals surface area contributed by atoms with Gasteiger partial charge in [-0.1, -0.05) is 6.07 Å². The van der Waals surface area contributed by atoms with Crippen LogP contribution in [0.25, 0.3) is 27.3 Å². The lowest BCUT2D eigenvalue weighted by Crippen LogP contribution is -2.04. The Bertz CT molecular complexity index is 970. The monoisotopic (exact) mass is 307 g/mol. The van der Waals surface area contributed by atoms with E-state index in [9.17, 15) is 0 Å². The molecule has 3 heterocycles. The van der Waals surface area contributed by atoms with Gasteiger partial charge in [-0.2, -0.15) is 5.10 Å². The highest BCUT2D eigenvalue weighted by atomic mass is 32.1. The lowest BCUT2D eigenvalue weighted by molar-refractivity contribution is 0.865. The molecule has 22 heavy (non-hydrogen) atoms. The zero-order chi connectivity index (χ0) is 15.1. The number of para-hydroxylation sites is 1. The van der Waals surface area contributed by atoms with Gasteiger partial charge < -0.3 is 0 Å². The third-order valence-corrected chi connectivity index (χ3v) is 4.37. The van der Waals surface area contributed by atoms with E-state index in [1.807, 2.05) is 48.3 Å². The minimum Gasteiger partial charge on any atom is -0.256 e. The Morgan fingerprint density at radius 1 is 1.05 bits per heavy atom. The number of aryl methyl sites for hydroxylation is 2. The molecule has 0 fully saturated rings. The molecule has 0 aliphatic carbocycles. The van der Waals surface area contributed by atoms with E-state index in [1.165, 1.54) is 0 Å². The van der Waals surface area contributed by atoms with Crippen LogP contribution in [0, 0.1) is 13.8 Å². The molecule has 4 aromatic rings. The topological polar surface area (TPSA) is 56.5 Å². The van der Waals surface area contributed by atoms with E-state index >= 15 is 0 Å². The first kappa shape index (κ1) is 13.1. The van der Waals surface area contributed by atoms with Gasteiger partial charge in [0.25, 0.3) is 0 Å². The lowest BCUT2D eigenvalue weighted by atomic mass is 10.2. The number of fused-ring (bicyclic) bond motifs is 1. The van der Waals surface area contributed by atoms with Crippen LogP contribution in [0.3, 0.4) is 0 Å². The zero-order valence-electron chi connectivity index (χ0n) is 12.2. The molecule has 0 spiro atoms. The smallest absolute Gasteiger partial charge is 0.165 e. The standard InChI is InChI=1S/C16H13N5S/c1-10-6-7-13(11(2)20-10)21-16(17-8-19-21)12-4-3-5-14-15(12)18-9-22-14/h3-9H,1-2H3. The van der Waals surface area contributed by atoms with Crippen molar-refractivity contribution in [1.29, 1.82) is 0 Å². The number of hydrogen-bond acceptors (Lipinski definition) is 5. The van der Waals surface area contributed by atoms with Crippen molar-refractivity contribution in [1.82, 2.24) is 24.7 Å². The SMILES string of the molecule is Cc1ccc(-n2ncnc2-c2cccc3scnc23)c(C)n1. The highest BCUT2D eigenvalue weighted by molar-refractivity contribution is 7.16. The molecular weight excluding hydrogens is 294 g/mol. The molecule has 0 amide bonds. The van der Waals surface area contributed by atoms with Gasteiger partial charge in [0, 0.05) is 11.3 Å². The molecule has 0 aliphatic rings. The van der Waals surface area contributed by atoms with Gasteiger partial charge in [0.1, 0.15) is 6.33 Å². The summed E-state index contributed by atoms with van der Waals surface area (Å²) in [6.45, 7) is 3.96. The number of hydrogen-bond donors (Lipinski definition) is 0. The molecule has 108 valence electrons. The summed E-state index contributed by atoms with van der Waals surface area (Å²) in [7, 11) is 0. The fraction of sp³-hybridized carbons (Fsp3) is 0.125.